The third-order valence-corrected chi connectivity index (χ3v) is 5.97. The van der Waals surface area contributed by atoms with Crippen LogP contribution in [0.3, 0.4) is 0 Å². The molecule has 1 aliphatic heterocycles. The summed E-state index contributed by atoms with van der Waals surface area (Å²) in [5, 5.41) is 4.28. The number of nitrogens with zero attached hydrogens (tertiary/aromatic N) is 3. The fourth-order valence-electron chi connectivity index (χ4n) is 4.48. The van der Waals surface area contributed by atoms with Crippen molar-refractivity contribution in [2.45, 2.75) is 63.9 Å². The van der Waals surface area contributed by atoms with Gasteiger partial charge in [0.25, 0.3) is 0 Å². The van der Waals surface area contributed by atoms with Gasteiger partial charge in [-0.25, -0.2) is 9.48 Å². The van der Waals surface area contributed by atoms with Crippen molar-refractivity contribution in [2.75, 3.05) is 12.3 Å². The Labute approximate surface area is 184 Å². The fourth-order valence-corrected chi connectivity index (χ4v) is 4.48. The molecule has 6 nitrogen and oxygen atoms in total. The Balaban J connectivity index is 1.62. The highest BCUT2D eigenvalue weighted by atomic mass is 19.4. The summed E-state index contributed by atoms with van der Waals surface area (Å²) in [6.07, 6.45) is 1.99. The third-order valence-electron chi connectivity index (χ3n) is 5.97. The number of rotatable bonds is 5. The first kappa shape index (κ1) is 22.2. The molecule has 0 unspecified atom stereocenters. The summed E-state index contributed by atoms with van der Waals surface area (Å²) >= 11 is 0. The van der Waals surface area contributed by atoms with E-state index in [-0.39, 0.29) is 12.4 Å². The van der Waals surface area contributed by atoms with Crippen molar-refractivity contribution < 1.29 is 22.7 Å². The van der Waals surface area contributed by atoms with Gasteiger partial charge in [0.05, 0.1) is 11.7 Å². The largest absolute Gasteiger partial charge is 0.445 e. The number of anilines is 1. The number of carbonyl (C=O) groups excluding carboxylic acids is 1. The van der Waals surface area contributed by atoms with Crippen LogP contribution in [0.5, 0.6) is 0 Å². The number of alkyl halides is 3. The molecule has 1 aliphatic carbocycles. The van der Waals surface area contributed by atoms with E-state index in [1.54, 1.807) is 4.90 Å². The summed E-state index contributed by atoms with van der Waals surface area (Å²) in [4.78, 5) is 14.4. The normalized spacial score (nSPS) is 19.2. The number of nitrogen functional groups attached to an aromatic ring is 1. The van der Waals surface area contributed by atoms with Gasteiger partial charge >= 0.3 is 12.3 Å². The zero-order chi connectivity index (χ0) is 22.7. The molecule has 0 bridgehead atoms. The van der Waals surface area contributed by atoms with E-state index < -0.39 is 24.9 Å². The molecule has 172 valence electrons. The number of amides is 1. The van der Waals surface area contributed by atoms with Gasteiger partial charge in [-0.1, -0.05) is 36.4 Å². The molecule has 2 N–H and O–H groups in total. The predicted molar refractivity (Wildman–Crippen MR) is 114 cm³/mol. The van der Waals surface area contributed by atoms with Crippen molar-refractivity contribution in [3.63, 3.8) is 0 Å². The quantitative estimate of drug-likeness (QED) is 0.659. The predicted octanol–water partition coefficient (Wildman–Crippen LogP) is 5.46. The van der Waals surface area contributed by atoms with Crippen LogP contribution in [0, 0.1) is 0 Å². The molecule has 1 fully saturated rings. The molecule has 2 aromatic rings. The fraction of sp³-hybridized carbons (Fsp3) is 0.478. The second kappa shape index (κ2) is 9.26. The zero-order valence-corrected chi connectivity index (χ0v) is 17.8. The van der Waals surface area contributed by atoms with Crippen LogP contribution in [-0.2, 0) is 17.9 Å². The van der Waals surface area contributed by atoms with Gasteiger partial charge in [-0.15, -0.1) is 0 Å². The molecule has 1 amide bonds. The smallest absolute Gasteiger partial charge is 0.410 e. The van der Waals surface area contributed by atoms with Gasteiger partial charge in [0, 0.05) is 12.1 Å². The van der Waals surface area contributed by atoms with Gasteiger partial charge in [-0.2, -0.15) is 18.3 Å². The Kier molecular flexibility index (Phi) is 6.43. The second-order valence-corrected chi connectivity index (χ2v) is 8.29. The van der Waals surface area contributed by atoms with E-state index in [9.17, 15) is 18.0 Å². The molecule has 0 spiro atoms. The highest BCUT2D eigenvalue weighted by Crippen LogP contribution is 2.41. The number of carbonyl (C=O) groups is 1. The van der Waals surface area contributed by atoms with Crippen molar-refractivity contribution in [3.8, 4) is 0 Å². The summed E-state index contributed by atoms with van der Waals surface area (Å²) in [6.45, 7) is -0.668. The number of hydrogen-bond donors (Lipinski definition) is 1. The molecule has 1 atom stereocenters. The number of likely N-dealkylation sites (tertiary alicyclic amines) is 1. The molecule has 1 aromatic heterocycles. The molecule has 32 heavy (non-hydrogen) atoms. The standard InChI is InChI=1S/C23H27F3N4O2/c24-23(25,26)15-30-21(27)19(17-10-5-2-6-11-17)20(28-30)18-12-7-13-29(18)22(31)32-14-16-8-3-1-4-9-16/h1,3-4,8-10,18H,2,5-7,11-15,27H2/t18-/m1/s1. The monoisotopic (exact) mass is 448 g/mol. The highest BCUT2D eigenvalue weighted by Gasteiger charge is 2.38. The molecule has 1 saturated heterocycles. The number of benzene rings is 1. The Morgan fingerprint density at radius 3 is 2.66 bits per heavy atom. The first-order valence-corrected chi connectivity index (χ1v) is 10.9. The Bertz CT molecular complexity index is 985. The van der Waals surface area contributed by atoms with Crippen LogP contribution in [0.15, 0.2) is 36.4 Å². The van der Waals surface area contributed by atoms with E-state index in [4.69, 9.17) is 10.5 Å². The van der Waals surface area contributed by atoms with Gasteiger partial charge in [0.15, 0.2) is 0 Å². The van der Waals surface area contributed by atoms with Gasteiger partial charge in [-0.3, -0.25) is 4.90 Å². The average Bonchev–Trinajstić information content (AvgIpc) is 3.37. The molecule has 9 heteroatoms. The number of aromatic nitrogens is 2. The van der Waals surface area contributed by atoms with Crippen molar-refractivity contribution in [1.82, 2.24) is 14.7 Å². The van der Waals surface area contributed by atoms with Gasteiger partial charge in [-0.05, 0) is 49.7 Å². The minimum atomic E-state index is -4.44. The van der Waals surface area contributed by atoms with E-state index >= 15 is 0 Å². The highest BCUT2D eigenvalue weighted by molar-refractivity contribution is 5.77. The van der Waals surface area contributed by atoms with Crippen LogP contribution >= 0.6 is 0 Å². The van der Waals surface area contributed by atoms with Crippen LogP contribution in [0.25, 0.3) is 5.57 Å². The van der Waals surface area contributed by atoms with E-state index in [1.165, 1.54) is 0 Å². The molecule has 2 aliphatic rings. The third kappa shape index (κ3) is 4.92. The molecule has 0 radical (unpaired) electrons. The van der Waals surface area contributed by atoms with Crippen LogP contribution in [-0.4, -0.2) is 33.5 Å². The van der Waals surface area contributed by atoms with Crippen molar-refractivity contribution in [2.24, 2.45) is 0 Å². The number of halogens is 3. The molecular formula is C23H27F3N4O2. The SMILES string of the molecule is Nc1c(C2=CCCCC2)c([C@H]2CCCN2C(=O)OCc2ccccc2)nn1CC(F)(F)F. The van der Waals surface area contributed by atoms with Crippen molar-refractivity contribution >= 4 is 17.5 Å². The molecular weight excluding hydrogens is 421 g/mol. The molecule has 4 rings (SSSR count). The van der Waals surface area contributed by atoms with E-state index in [0.29, 0.717) is 24.2 Å². The molecule has 2 heterocycles. The van der Waals surface area contributed by atoms with Crippen LogP contribution < -0.4 is 5.73 Å². The van der Waals surface area contributed by atoms with Crippen LogP contribution in [0.4, 0.5) is 23.8 Å². The average molecular weight is 448 g/mol. The number of allylic oxidation sites excluding steroid dienone is 2. The van der Waals surface area contributed by atoms with E-state index in [0.717, 1.165) is 47.9 Å². The molecule has 1 aromatic carbocycles. The maximum atomic E-state index is 13.1. The Morgan fingerprint density at radius 1 is 1.19 bits per heavy atom. The van der Waals surface area contributed by atoms with E-state index in [1.807, 2.05) is 36.4 Å². The Hall–Kier alpha value is -2.97. The number of ether oxygens (including phenoxy) is 1. The summed E-state index contributed by atoms with van der Waals surface area (Å²) in [5.74, 6) is 0.00924. The van der Waals surface area contributed by atoms with Crippen molar-refractivity contribution in [3.05, 3.63) is 53.2 Å². The zero-order valence-electron chi connectivity index (χ0n) is 17.8. The Morgan fingerprint density at radius 2 is 1.97 bits per heavy atom. The second-order valence-electron chi connectivity index (χ2n) is 8.29. The van der Waals surface area contributed by atoms with Gasteiger partial charge < -0.3 is 10.5 Å². The maximum absolute atomic E-state index is 13.1. The first-order chi connectivity index (χ1) is 15.3. The maximum Gasteiger partial charge on any atom is 0.410 e. The number of nitrogens with two attached hydrogens (primary N) is 1. The molecule has 0 saturated carbocycles. The lowest BCUT2D eigenvalue weighted by Gasteiger charge is -2.24. The summed E-state index contributed by atoms with van der Waals surface area (Å²) < 4.78 is 45.7. The minimum Gasteiger partial charge on any atom is -0.445 e. The van der Waals surface area contributed by atoms with Crippen LogP contribution in [0.2, 0.25) is 0 Å². The van der Waals surface area contributed by atoms with Crippen molar-refractivity contribution in [1.29, 1.82) is 0 Å². The lowest BCUT2D eigenvalue weighted by atomic mass is 9.91. The summed E-state index contributed by atoms with van der Waals surface area (Å²) in [7, 11) is 0. The summed E-state index contributed by atoms with van der Waals surface area (Å²) in [6, 6.07) is 8.87. The summed E-state index contributed by atoms with van der Waals surface area (Å²) in [5.41, 5.74) is 8.97. The van der Waals surface area contributed by atoms with E-state index in [2.05, 4.69) is 5.10 Å². The van der Waals surface area contributed by atoms with Crippen LogP contribution in [0.1, 0.15) is 61.4 Å². The first-order valence-electron chi connectivity index (χ1n) is 10.9. The minimum absolute atomic E-state index is 0.00924. The number of hydrogen-bond acceptors (Lipinski definition) is 4. The lowest BCUT2D eigenvalue weighted by molar-refractivity contribution is -0.142. The van der Waals surface area contributed by atoms with Gasteiger partial charge in [0.1, 0.15) is 19.0 Å². The topological polar surface area (TPSA) is 73.4 Å². The van der Waals surface area contributed by atoms with Gasteiger partial charge in [0.2, 0.25) is 0 Å². The lowest BCUT2D eigenvalue weighted by Crippen LogP contribution is -2.31.